The number of aromatic nitrogens is 3. The molecule has 0 fully saturated rings. The Morgan fingerprint density at radius 2 is 1.56 bits per heavy atom. The predicted molar refractivity (Wildman–Crippen MR) is 108 cm³/mol. The zero-order valence-electron chi connectivity index (χ0n) is 16.1. The molecule has 1 N–H and O–H groups in total. The number of halogens is 4. The van der Waals surface area contributed by atoms with Crippen molar-refractivity contribution < 1.29 is 27.5 Å². The zero-order chi connectivity index (χ0) is 22.9. The summed E-state index contributed by atoms with van der Waals surface area (Å²) in [5.41, 5.74) is -0.0546. The van der Waals surface area contributed by atoms with Crippen LogP contribution >= 0.6 is 0 Å². The van der Waals surface area contributed by atoms with Gasteiger partial charge in [-0.1, -0.05) is 24.3 Å². The molecule has 0 aliphatic heterocycles. The summed E-state index contributed by atoms with van der Waals surface area (Å²) in [7, 11) is 0. The van der Waals surface area contributed by atoms with E-state index in [1.165, 1.54) is 30.6 Å². The highest BCUT2D eigenvalue weighted by atomic mass is 19.4. The minimum absolute atomic E-state index is 0.0516. The van der Waals surface area contributed by atoms with Gasteiger partial charge in [0.2, 0.25) is 0 Å². The summed E-state index contributed by atoms with van der Waals surface area (Å²) >= 11 is 0. The number of rotatable bonds is 4. The lowest BCUT2D eigenvalue weighted by Crippen LogP contribution is -2.10. The van der Waals surface area contributed by atoms with Crippen molar-refractivity contribution in [2.24, 2.45) is 0 Å². The van der Waals surface area contributed by atoms with E-state index in [2.05, 4.69) is 15.0 Å². The van der Waals surface area contributed by atoms with Gasteiger partial charge in [0.15, 0.2) is 5.82 Å². The molecule has 0 atom stereocenters. The molecule has 0 radical (unpaired) electrons. The number of hydrogen-bond acceptors (Lipinski definition) is 4. The van der Waals surface area contributed by atoms with Crippen LogP contribution in [0.1, 0.15) is 16.1 Å². The van der Waals surface area contributed by atoms with Crippen LogP contribution in [0.3, 0.4) is 0 Å². The Balaban J connectivity index is 1.84. The van der Waals surface area contributed by atoms with Crippen LogP contribution in [0.25, 0.3) is 33.8 Å². The Morgan fingerprint density at radius 1 is 0.844 bits per heavy atom. The fraction of sp³-hybridized carbons (Fsp3) is 0.0435. The number of nitrogens with zero attached hydrogens (tertiary/aromatic N) is 3. The van der Waals surface area contributed by atoms with E-state index >= 15 is 0 Å². The molecule has 2 aromatic heterocycles. The van der Waals surface area contributed by atoms with Crippen LogP contribution < -0.4 is 0 Å². The van der Waals surface area contributed by atoms with Gasteiger partial charge in [-0.05, 0) is 47.5 Å². The second-order valence-corrected chi connectivity index (χ2v) is 6.78. The summed E-state index contributed by atoms with van der Waals surface area (Å²) in [6, 6.07) is 13.8. The topological polar surface area (TPSA) is 76.0 Å². The average molecular weight is 439 g/mol. The van der Waals surface area contributed by atoms with Crippen molar-refractivity contribution >= 4 is 5.97 Å². The molecule has 2 heterocycles. The van der Waals surface area contributed by atoms with Crippen molar-refractivity contribution in [2.45, 2.75) is 6.18 Å². The van der Waals surface area contributed by atoms with Gasteiger partial charge >= 0.3 is 12.1 Å². The highest BCUT2D eigenvalue weighted by molar-refractivity contribution is 5.90. The number of carboxylic acids is 1. The first-order valence-corrected chi connectivity index (χ1v) is 9.23. The Labute approximate surface area is 179 Å². The first-order chi connectivity index (χ1) is 15.2. The molecular formula is C23H13F4N3O2. The SMILES string of the molecule is O=C(O)c1cc(-c2cccc(-c3nc(-c4cccnc4)cc(C(F)(F)F)n3)c2)ccc1F. The second-order valence-electron chi connectivity index (χ2n) is 6.78. The van der Waals surface area contributed by atoms with Gasteiger partial charge in [-0.3, -0.25) is 4.98 Å². The van der Waals surface area contributed by atoms with Gasteiger partial charge in [-0.2, -0.15) is 13.2 Å². The first kappa shape index (κ1) is 21.1. The molecular weight excluding hydrogens is 426 g/mol. The summed E-state index contributed by atoms with van der Waals surface area (Å²) in [5, 5.41) is 9.14. The van der Waals surface area contributed by atoms with Gasteiger partial charge in [0.25, 0.3) is 0 Å². The number of aromatic carboxylic acids is 1. The summed E-state index contributed by atoms with van der Waals surface area (Å²) in [5.74, 6) is -2.48. The monoisotopic (exact) mass is 439 g/mol. The number of alkyl halides is 3. The molecule has 32 heavy (non-hydrogen) atoms. The molecule has 4 aromatic rings. The van der Waals surface area contributed by atoms with E-state index in [0.29, 0.717) is 16.7 Å². The maximum Gasteiger partial charge on any atom is 0.433 e. The summed E-state index contributed by atoms with van der Waals surface area (Å²) < 4.78 is 54.2. The number of pyridine rings is 1. The molecule has 0 aliphatic carbocycles. The number of benzene rings is 2. The van der Waals surface area contributed by atoms with Gasteiger partial charge in [-0.25, -0.2) is 19.2 Å². The third kappa shape index (κ3) is 4.31. The van der Waals surface area contributed by atoms with Crippen molar-refractivity contribution in [3.05, 3.63) is 90.1 Å². The van der Waals surface area contributed by atoms with Crippen LogP contribution in [0.15, 0.2) is 73.1 Å². The van der Waals surface area contributed by atoms with E-state index in [4.69, 9.17) is 5.11 Å². The summed E-state index contributed by atoms with van der Waals surface area (Å²) in [4.78, 5) is 23.1. The Hall–Kier alpha value is -4.14. The quantitative estimate of drug-likeness (QED) is 0.411. The molecule has 0 bridgehead atoms. The van der Waals surface area contributed by atoms with E-state index < -0.39 is 29.2 Å². The molecule has 0 spiro atoms. The Kier molecular flexibility index (Phi) is 5.40. The number of carbonyl (C=O) groups is 1. The van der Waals surface area contributed by atoms with Crippen LogP contribution in [0.5, 0.6) is 0 Å². The lowest BCUT2D eigenvalue weighted by atomic mass is 10.0. The van der Waals surface area contributed by atoms with Crippen molar-refractivity contribution in [3.63, 3.8) is 0 Å². The number of carboxylic acid groups (broad SMARTS) is 1. The van der Waals surface area contributed by atoms with Gasteiger partial charge in [0.1, 0.15) is 11.5 Å². The molecule has 160 valence electrons. The van der Waals surface area contributed by atoms with Crippen molar-refractivity contribution in [3.8, 4) is 33.8 Å². The summed E-state index contributed by atoms with van der Waals surface area (Å²) in [6.07, 6.45) is -1.80. The molecule has 0 aliphatic rings. The molecule has 4 rings (SSSR count). The number of hydrogen-bond donors (Lipinski definition) is 1. The molecule has 5 nitrogen and oxygen atoms in total. The van der Waals surface area contributed by atoms with Crippen LogP contribution in [-0.4, -0.2) is 26.0 Å². The van der Waals surface area contributed by atoms with Crippen molar-refractivity contribution in [1.82, 2.24) is 15.0 Å². The maximum absolute atomic E-state index is 13.7. The molecule has 9 heteroatoms. The van der Waals surface area contributed by atoms with Gasteiger partial charge < -0.3 is 5.11 Å². The van der Waals surface area contributed by atoms with E-state index in [1.54, 1.807) is 24.3 Å². The molecule has 0 saturated carbocycles. The average Bonchev–Trinajstić information content (AvgIpc) is 2.79. The normalized spacial score (nSPS) is 11.4. The smallest absolute Gasteiger partial charge is 0.433 e. The third-order valence-electron chi connectivity index (χ3n) is 4.62. The lowest BCUT2D eigenvalue weighted by Gasteiger charge is -2.12. The van der Waals surface area contributed by atoms with Crippen molar-refractivity contribution in [2.75, 3.05) is 0 Å². The molecule has 2 aromatic carbocycles. The highest BCUT2D eigenvalue weighted by Crippen LogP contribution is 2.33. The Morgan fingerprint density at radius 3 is 2.25 bits per heavy atom. The third-order valence-corrected chi connectivity index (χ3v) is 4.62. The summed E-state index contributed by atoms with van der Waals surface area (Å²) in [6.45, 7) is 0. The molecule has 0 saturated heterocycles. The maximum atomic E-state index is 13.7. The lowest BCUT2D eigenvalue weighted by molar-refractivity contribution is -0.141. The van der Waals surface area contributed by atoms with Gasteiger partial charge in [0, 0.05) is 23.5 Å². The van der Waals surface area contributed by atoms with Crippen LogP contribution in [0.2, 0.25) is 0 Å². The first-order valence-electron chi connectivity index (χ1n) is 9.23. The van der Waals surface area contributed by atoms with Crippen LogP contribution in [0.4, 0.5) is 17.6 Å². The van der Waals surface area contributed by atoms with Crippen LogP contribution in [0, 0.1) is 5.82 Å². The van der Waals surface area contributed by atoms with E-state index in [0.717, 1.165) is 18.2 Å². The van der Waals surface area contributed by atoms with E-state index in [-0.39, 0.29) is 17.1 Å². The fourth-order valence-corrected chi connectivity index (χ4v) is 3.09. The van der Waals surface area contributed by atoms with Gasteiger partial charge in [0.05, 0.1) is 11.3 Å². The minimum atomic E-state index is -4.69. The fourth-order valence-electron chi connectivity index (χ4n) is 3.09. The second kappa shape index (κ2) is 8.18. The largest absolute Gasteiger partial charge is 0.478 e. The minimum Gasteiger partial charge on any atom is -0.478 e. The van der Waals surface area contributed by atoms with Gasteiger partial charge in [-0.15, -0.1) is 0 Å². The highest BCUT2D eigenvalue weighted by Gasteiger charge is 2.34. The van der Waals surface area contributed by atoms with Crippen molar-refractivity contribution in [1.29, 1.82) is 0 Å². The molecule has 0 amide bonds. The van der Waals surface area contributed by atoms with E-state index in [9.17, 15) is 22.4 Å². The standard InChI is InChI=1S/C23H13F4N3O2/c24-18-7-6-14(10-17(18)22(31)32)13-3-1-4-15(9-13)21-29-19(16-5-2-8-28-12-16)11-20(30-21)23(25,26)27/h1-12H,(H,31,32). The Bertz CT molecular complexity index is 1310. The predicted octanol–water partition coefficient (Wildman–Crippen LogP) is 5.73. The molecule has 0 unspecified atom stereocenters. The van der Waals surface area contributed by atoms with E-state index in [1.807, 2.05) is 0 Å². The zero-order valence-corrected chi connectivity index (χ0v) is 16.1. The van der Waals surface area contributed by atoms with Crippen LogP contribution in [-0.2, 0) is 6.18 Å².